The highest BCUT2D eigenvalue weighted by atomic mass is 16.6. The molecule has 6 heteroatoms. The fraction of sp³-hybridized carbons (Fsp3) is 0.526. The second-order valence-electron chi connectivity index (χ2n) is 7.19. The molecule has 1 heterocycles. The van der Waals surface area contributed by atoms with Crippen LogP contribution >= 0.6 is 0 Å². The van der Waals surface area contributed by atoms with Crippen molar-refractivity contribution in [2.45, 2.75) is 51.7 Å². The number of rotatable bonds is 5. The molecule has 0 atom stereocenters. The summed E-state index contributed by atoms with van der Waals surface area (Å²) in [6, 6.07) is 8.27. The lowest BCUT2D eigenvalue weighted by Crippen LogP contribution is -2.48. The molecule has 0 bridgehead atoms. The highest BCUT2D eigenvalue weighted by Crippen LogP contribution is 2.27. The zero-order chi connectivity index (χ0) is 18.2. The normalized spacial score (nSPS) is 19.1. The number of imide groups is 1. The molecule has 0 radical (unpaired) electrons. The van der Waals surface area contributed by atoms with Crippen LogP contribution in [-0.4, -0.2) is 52.4 Å². The number of carbonyl (C=O) groups is 3. The van der Waals surface area contributed by atoms with E-state index in [9.17, 15) is 14.4 Å². The lowest BCUT2D eigenvalue weighted by atomic mass is 10.1. The molecule has 1 fully saturated rings. The van der Waals surface area contributed by atoms with E-state index in [0.717, 1.165) is 24.2 Å². The van der Waals surface area contributed by atoms with Crippen LogP contribution in [0.15, 0.2) is 24.3 Å². The van der Waals surface area contributed by atoms with Crippen LogP contribution in [0.25, 0.3) is 0 Å². The smallest absolute Gasteiger partial charge is 0.418 e. The summed E-state index contributed by atoms with van der Waals surface area (Å²) in [5.74, 6) is -0.667. The average Bonchev–Trinajstić information content (AvgIpc) is 3.06. The van der Waals surface area contributed by atoms with E-state index in [1.807, 2.05) is 24.0 Å². The van der Waals surface area contributed by atoms with Crippen LogP contribution in [0.4, 0.5) is 4.79 Å². The van der Waals surface area contributed by atoms with Gasteiger partial charge in [-0.1, -0.05) is 31.2 Å². The van der Waals surface area contributed by atoms with Crippen molar-refractivity contribution in [3.8, 4) is 0 Å². The third kappa shape index (κ3) is 3.25. The molecule has 0 N–H and O–H groups in total. The largest absolute Gasteiger partial charge is 0.433 e. The van der Waals surface area contributed by atoms with Crippen molar-refractivity contribution in [1.82, 2.24) is 9.80 Å². The molecule has 0 saturated carbocycles. The molecule has 0 spiro atoms. The molecule has 134 valence electrons. The predicted molar refractivity (Wildman–Crippen MR) is 91.9 cm³/mol. The fourth-order valence-electron chi connectivity index (χ4n) is 3.60. The van der Waals surface area contributed by atoms with Crippen LogP contribution < -0.4 is 0 Å². The Kier molecular flexibility index (Phi) is 4.54. The van der Waals surface area contributed by atoms with Crippen molar-refractivity contribution < 1.29 is 19.1 Å². The van der Waals surface area contributed by atoms with Gasteiger partial charge in [0.15, 0.2) is 5.60 Å². The summed E-state index contributed by atoms with van der Waals surface area (Å²) in [6.07, 6.45) is 1.70. The Morgan fingerprint density at radius 2 is 1.84 bits per heavy atom. The Morgan fingerprint density at radius 3 is 2.32 bits per heavy atom. The summed E-state index contributed by atoms with van der Waals surface area (Å²) in [7, 11) is 0. The molecular formula is C19H24N2O4. The van der Waals surface area contributed by atoms with Gasteiger partial charge in [0.2, 0.25) is 5.91 Å². The first-order chi connectivity index (χ1) is 11.8. The minimum Gasteiger partial charge on any atom is -0.433 e. The first-order valence-corrected chi connectivity index (χ1v) is 8.74. The van der Waals surface area contributed by atoms with E-state index < -0.39 is 17.6 Å². The van der Waals surface area contributed by atoms with Gasteiger partial charge in [-0.15, -0.1) is 0 Å². The zero-order valence-corrected chi connectivity index (χ0v) is 14.9. The number of hydrogen-bond donors (Lipinski definition) is 0. The van der Waals surface area contributed by atoms with Crippen LogP contribution in [0.2, 0.25) is 0 Å². The summed E-state index contributed by atoms with van der Waals surface area (Å²) in [5, 5.41) is 0. The van der Waals surface area contributed by atoms with E-state index >= 15 is 0 Å². The molecule has 0 unspecified atom stereocenters. The molecule has 1 aromatic rings. The second-order valence-corrected chi connectivity index (χ2v) is 7.19. The second kappa shape index (κ2) is 6.50. The molecule has 6 nitrogen and oxygen atoms in total. The Hall–Kier alpha value is -2.37. The van der Waals surface area contributed by atoms with Crippen LogP contribution in [0.1, 0.15) is 38.3 Å². The number of nitrogens with zero attached hydrogens (tertiary/aromatic N) is 2. The van der Waals surface area contributed by atoms with Gasteiger partial charge in [0.05, 0.1) is 0 Å². The van der Waals surface area contributed by atoms with E-state index in [4.69, 9.17) is 4.74 Å². The van der Waals surface area contributed by atoms with Crippen molar-refractivity contribution in [3.05, 3.63) is 35.4 Å². The quantitative estimate of drug-likeness (QED) is 0.821. The Morgan fingerprint density at radius 1 is 1.24 bits per heavy atom. The molecule has 1 aliphatic carbocycles. The topological polar surface area (TPSA) is 66.9 Å². The van der Waals surface area contributed by atoms with Gasteiger partial charge in [0.1, 0.15) is 6.54 Å². The molecule has 1 aliphatic heterocycles. The molecule has 0 aromatic heterocycles. The van der Waals surface area contributed by atoms with E-state index in [1.54, 1.807) is 0 Å². The molecule has 1 saturated heterocycles. The van der Waals surface area contributed by atoms with Crippen molar-refractivity contribution >= 4 is 17.9 Å². The molecular weight excluding hydrogens is 320 g/mol. The molecule has 2 aliphatic rings. The third-order valence-corrected chi connectivity index (χ3v) is 4.87. The van der Waals surface area contributed by atoms with Crippen molar-refractivity contribution in [3.63, 3.8) is 0 Å². The summed E-state index contributed by atoms with van der Waals surface area (Å²) >= 11 is 0. The van der Waals surface area contributed by atoms with Crippen LogP contribution in [0, 0.1) is 0 Å². The number of ether oxygens (including phenoxy) is 1. The SMILES string of the molecule is CCCN(C(=O)CN1C(=O)OC(C)(C)C1=O)C1Cc2ccccc2C1. The minimum atomic E-state index is -1.20. The minimum absolute atomic E-state index is 0.0755. The Bertz CT molecular complexity index is 688. The summed E-state index contributed by atoms with van der Waals surface area (Å²) in [6.45, 7) is 5.44. The van der Waals surface area contributed by atoms with Crippen molar-refractivity contribution in [1.29, 1.82) is 0 Å². The van der Waals surface area contributed by atoms with Crippen LogP contribution in [0.5, 0.6) is 0 Å². The van der Waals surface area contributed by atoms with Crippen LogP contribution in [-0.2, 0) is 27.2 Å². The number of cyclic esters (lactones) is 1. The van der Waals surface area contributed by atoms with Gasteiger partial charge in [-0.05, 0) is 44.2 Å². The monoisotopic (exact) mass is 344 g/mol. The molecule has 1 aromatic carbocycles. The van der Waals surface area contributed by atoms with Gasteiger partial charge >= 0.3 is 6.09 Å². The Balaban J connectivity index is 1.72. The number of fused-ring (bicyclic) bond motifs is 1. The molecule has 3 amide bonds. The van der Waals surface area contributed by atoms with Crippen molar-refractivity contribution in [2.75, 3.05) is 13.1 Å². The zero-order valence-electron chi connectivity index (χ0n) is 14.9. The van der Waals surface area contributed by atoms with Crippen molar-refractivity contribution in [2.24, 2.45) is 0 Å². The first-order valence-electron chi connectivity index (χ1n) is 8.74. The predicted octanol–water partition coefficient (Wildman–Crippen LogP) is 2.15. The summed E-state index contributed by atoms with van der Waals surface area (Å²) in [5.41, 5.74) is 1.33. The maximum atomic E-state index is 12.9. The molecule has 25 heavy (non-hydrogen) atoms. The first kappa shape index (κ1) is 17.5. The summed E-state index contributed by atoms with van der Waals surface area (Å²) in [4.78, 5) is 39.8. The van der Waals surface area contributed by atoms with Gasteiger partial charge in [-0.2, -0.15) is 0 Å². The number of amides is 3. The number of benzene rings is 1. The standard InChI is InChI=1S/C19H24N2O4/c1-4-9-20(15-10-13-7-5-6-8-14(13)11-15)16(22)12-21-17(23)19(2,3)25-18(21)24/h5-8,15H,4,9-12H2,1-3H3. The van der Waals surface area contributed by atoms with E-state index in [0.29, 0.717) is 6.54 Å². The van der Waals surface area contributed by atoms with E-state index in [1.165, 1.54) is 25.0 Å². The van der Waals surface area contributed by atoms with E-state index in [2.05, 4.69) is 12.1 Å². The highest BCUT2D eigenvalue weighted by Gasteiger charge is 2.48. The van der Waals surface area contributed by atoms with Gasteiger partial charge in [0, 0.05) is 12.6 Å². The third-order valence-electron chi connectivity index (χ3n) is 4.87. The summed E-state index contributed by atoms with van der Waals surface area (Å²) < 4.78 is 5.06. The lowest BCUT2D eigenvalue weighted by molar-refractivity contribution is -0.141. The Labute approximate surface area is 147 Å². The maximum absolute atomic E-state index is 12.9. The van der Waals surface area contributed by atoms with Gasteiger partial charge in [-0.25, -0.2) is 9.69 Å². The number of hydrogen-bond acceptors (Lipinski definition) is 4. The van der Waals surface area contributed by atoms with Gasteiger partial charge < -0.3 is 9.64 Å². The highest BCUT2D eigenvalue weighted by molar-refractivity contribution is 6.04. The maximum Gasteiger partial charge on any atom is 0.418 e. The number of carbonyl (C=O) groups excluding carboxylic acids is 3. The lowest BCUT2D eigenvalue weighted by Gasteiger charge is -2.29. The van der Waals surface area contributed by atoms with E-state index in [-0.39, 0.29) is 18.5 Å². The fourth-order valence-corrected chi connectivity index (χ4v) is 3.60. The van der Waals surface area contributed by atoms with Crippen LogP contribution in [0.3, 0.4) is 0 Å². The average molecular weight is 344 g/mol. The molecule has 3 rings (SSSR count). The van der Waals surface area contributed by atoms with Gasteiger partial charge in [0.25, 0.3) is 5.91 Å². The van der Waals surface area contributed by atoms with Gasteiger partial charge in [-0.3, -0.25) is 9.59 Å².